The second-order valence-corrected chi connectivity index (χ2v) is 7.99. The Kier molecular flexibility index (Phi) is 5.87. The number of ether oxygens (including phenoxy) is 1. The Bertz CT molecular complexity index is 1500. The summed E-state index contributed by atoms with van der Waals surface area (Å²) in [6, 6.07) is 17.9. The molecule has 36 heavy (non-hydrogen) atoms. The van der Waals surface area contributed by atoms with E-state index in [9.17, 15) is 14.9 Å². The number of methoxy groups -OCH3 is 1. The highest BCUT2D eigenvalue weighted by Crippen LogP contribution is 2.37. The number of nitro benzene ring substituents is 1. The number of benzene rings is 2. The molecule has 4 aromatic rings. The summed E-state index contributed by atoms with van der Waals surface area (Å²) in [5.74, 6) is 0.828. The lowest BCUT2D eigenvalue weighted by Crippen LogP contribution is -2.32. The number of allylic oxidation sites excluding steroid dienone is 1. The van der Waals surface area contributed by atoms with E-state index < -0.39 is 11.0 Å². The number of aromatic nitrogens is 4. The fraction of sp³-hybridized carbons (Fsp3) is 0.120. The Balaban J connectivity index is 1.59. The third-order valence-corrected chi connectivity index (χ3v) is 5.74. The molecular formula is C25H21N7O4. The minimum Gasteiger partial charge on any atom is -0.495 e. The number of nitrogens with zero attached hydrogens (tertiary/aromatic N) is 5. The van der Waals surface area contributed by atoms with E-state index in [0.29, 0.717) is 39.9 Å². The first-order valence-electron chi connectivity index (χ1n) is 11.0. The van der Waals surface area contributed by atoms with Crippen molar-refractivity contribution in [3.8, 4) is 17.1 Å². The van der Waals surface area contributed by atoms with Gasteiger partial charge in [-0.3, -0.25) is 19.9 Å². The molecule has 0 saturated heterocycles. The summed E-state index contributed by atoms with van der Waals surface area (Å²) in [7, 11) is 1.53. The number of carbonyl (C=O) groups is 1. The number of hydrogen-bond acceptors (Lipinski definition) is 8. The molecule has 11 heteroatoms. The van der Waals surface area contributed by atoms with Crippen molar-refractivity contribution in [3.05, 3.63) is 100 Å². The van der Waals surface area contributed by atoms with Crippen LogP contribution in [0.25, 0.3) is 11.4 Å². The summed E-state index contributed by atoms with van der Waals surface area (Å²) in [6.45, 7) is 1.78. The summed E-state index contributed by atoms with van der Waals surface area (Å²) in [5, 5.41) is 22.0. The second kappa shape index (κ2) is 9.29. The predicted molar refractivity (Wildman–Crippen MR) is 132 cm³/mol. The average Bonchev–Trinajstić information content (AvgIpc) is 3.32. The van der Waals surface area contributed by atoms with Gasteiger partial charge in [0.25, 0.3) is 11.6 Å². The standard InChI is InChI=1S/C25H21N7O4/c1-15-21(24(33)28-18-10-3-4-12-20(18)36-2)22(19-11-5-6-13-26-19)31-25(27-15)29-23(30-31)16-8-7-9-17(14-16)32(34)35/h3-14,22H,1-2H3,(H,28,33)(H,27,29,30). The third kappa shape index (κ3) is 4.13. The van der Waals surface area contributed by atoms with E-state index in [-0.39, 0.29) is 17.4 Å². The predicted octanol–water partition coefficient (Wildman–Crippen LogP) is 4.18. The molecule has 5 rings (SSSR count). The highest BCUT2D eigenvalue weighted by Gasteiger charge is 2.35. The zero-order valence-electron chi connectivity index (χ0n) is 19.4. The summed E-state index contributed by atoms with van der Waals surface area (Å²) < 4.78 is 6.94. The number of nitro groups is 1. The van der Waals surface area contributed by atoms with Gasteiger partial charge < -0.3 is 15.4 Å². The number of nitrogens with one attached hydrogen (secondary N) is 2. The van der Waals surface area contributed by atoms with Gasteiger partial charge >= 0.3 is 0 Å². The maximum Gasteiger partial charge on any atom is 0.270 e. The molecule has 1 amide bonds. The zero-order valence-corrected chi connectivity index (χ0v) is 19.4. The molecule has 1 aliphatic rings. The zero-order chi connectivity index (χ0) is 25.2. The number of amides is 1. The van der Waals surface area contributed by atoms with Gasteiger partial charge in [-0.25, -0.2) is 4.68 Å². The van der Waals surface area contributed by atoms with Crippen molar-refractivity contribution in [1.29, 1.82) is 0 Å². The van der Waals surface area contributed by atoms with Gasteiger partial charge in [0.1, 0.15) is 11.8 Å². The Morgan fingerprint density at radius 1 is 1.14 bits per heavy atom. The normalized spacial score (nSPS) is 14.6. The molecule has 180 valence electrons. The third-order valence-electron chi connectivity index (χ3n) is 5.74. The average molecular weight is 483 g/mol. The number of carbonyl (C=O) groups excluding carboxylic acids is 1. The van der Waals surface area contributed by atoms with Gasteiger partial charge in [0, 0.05) is 29.6 Å². The van der Waals surface area contributed by atoms with Gasteiger partial charge in [-0.1, -0.05) is 30.3 Å². The number of fused-ring (bicyclic) bond motifs is 1. The van der Waals surface area contributed by atoms with Crippen LogP contribution < -0.4 is 15.4 Å². The second-order valence-electron chi connectivity index (χ2n) is 7.99. The summed E-state index contributed by atoms with van der Waals surface area (Å²) in [5.41, 5.74) is 2.48. The molecule has 0 aliphatic carbocycles. The van der Waals surface area contributed by atoms with Crippen LogP contribution in [0.3, 0.4) is 0 Å². The molecule has 1 unspecified atom stereocenters. The first-order chi connectivity index (χ1) is 17.5. The van der Waals surface area contributed by atoms with Crippen LogP contribution >= 0.6 is 0 Å². The number of hydrogen-bond donors (Lipinski definition) is 2. The van der Waals surface area contributed by atoms with Crippen LogP contribution in [0.1, 0.15) is 18.7 Å². The van der Waals surface area contributed by atoms with E-state index in [1.807, 2.05) is 12.1 Å². The van der Waals surface area contributed by atoms with Crippen LogP contribution in [0.4, 0.5) is 17.3 Å². The largest absolute Gasteiger partial charge is 0.495 e. The summed E-state index contributed by atoms with van der Waals surface area (Å²) >= 11 is 0. The van der Waals surface area contributed by atoms with Gasteiger partial charge in [0.2, 0.25) is 5.95 Å². The molecule has 1 aliphatic heterocycles. The van der Waals surface area contributed by atoms with E-state index >= 15 is 0 Å². The van der Waals surface area contributed by atoms with Crippen LogP contribution in [0.2, 0.25) is 0 Å². The molecule has 0 fully saturated rings. The smallest absolute Gasteiger partial charge is 0.270 e. The Labute approximate surface area is 205 Å². The molecule has 11 nitrogen and oxygen atoms in total. The maximum atomic E-state index is 13.6. The van der Waals surface area contributed by atoms with Gasteiger partial charge in [0.15, 0.2) is 5.82 Å². The number of pyridine rings is 1. The van der Waals surface area contributed by atoms with Crippen molar-refractivity contribution < 1.29 is 14.5 Å². The number of para-hydroxylation sites is 2. The molecule has 0 bridgehead atoms. The van der Waals surface area contributed by atoms with E-state index in [1.54, 1.807) is 60.3 Å². The minimum absolute atomic E-state index is 0.0688. The molecule has 1 atom stereocenters. The van der Waals surface area contributed by atoms with Crippen LogP contribution in [0.5, 0.6) is 5.75 Å². The number of non-ortho nitro benzene ring substituents is 1. The van der Waals surface area contributed by atoms with Gasteiger partial charge in [-0.05, 0) is 31.2 Å². The van der Waals surface area contributed by atoms with Crippen LogP contribution in [-0.2, 0) is 4.79 Å². The fourth-order valence-electron chi connectivity index (χ4n) is 4.07. The number of rotatable bonds is 6. The molecule has 2 N–H and O–H groups in total. The maximum absolute atomic E-state index is 13.6. The summed E-state index contributed by atoms with van der Waals surface area (Å²) in [6.07, 6.45) is 1.64. The van der Waals surface area contributed by atoms with E-state index in [2.05, 4.69) is 25.7 Å². The van der Waals surface area contributed by atoms with Crippen molar-refractivity contribution in [1.82, 2.24) is 19.7 Å². The fourth-order valence-corrected chi connectivity index (χ4v) is 4.07. The van der Waals surface area contributed by atoms with Crippen LogP contribution in [0, 0.1) is 10.1 Å². The number of anilines is 2. The molecule has 0 saturated carbocycles. The Morgan fingerprint density at radius 3 is 2.69 bits per heavy atom. The van der Waals surface area contributed by atoms with E-state index in [0.717, 1.165) is 0 Å². The highest BCUT2D eigenvalue weighted by molar-refractivity contribution is 6.06. The first kappa shape index (κ1) is 22.7. The first-order valence-corrected chi connectivity index (χ1v) is 11.0. The van der Waals surface area contributed by atoms with E-state index in [4.69, 9.17) is 4.74 Å². The molecule has 2 aromatic carbocycles. The van der Waals surface area contributed by atoms with Crippen molar-refractivity contribution in [2.75, 3.05) is 17.7 Å². The monoisotopic (exact) mass is 483 g/mol. The molecule has 0 radical (unpaired) electrons. The lowest BCUT2D eigenvalue weighted by Gasteiger charge is -2.28. The molecule has 0 spiro atoms. The summed E-state index contributed by atoms with van der Waals surface area (Å²) in [4.78, 5) is 33.4. The highest BCUT2D eigenvalue weighted by atomic mass is 16.6. The van der Waals surface area contributed by atoms with Gasteiger partial charge in [-0.15, -0.1) is 5.10 Å². The van der Waals surface area contributed by atoms with Crippen molar-refractivity contribution in [3.63, 3.8) is 0 Å². The van der Waals surface area contributed by atoms with Crippen molar-refractivity contribution in [2.45, 2.75) is 13.0 Å². The lowest BCUT2D eigenvalue weighted by atomic mass is 9.98. The van der Waals surface area contributed by atoms with Crippen molar-refractivity contribution >= 4 is 23.2 Å². The Morgan fingerprint density at radius 2 is 1.94 bits per heavy atom. The lowest BCUT2D eigenvalue weighted by molar-refractivity contribution is -0.384. The van der Waals surface area contributed by atoms with E-state index in [1.165, 1.54) is 19.2 Å². The SMILES string of the molecule is COc1ccccc1NC(=O)C1=C(C)Nc2nc(-c3cccc([N+](=O)[O-])c3)nn2C1c1ccccn1. The molecular weight excluding hydrogens is 462 g/mol. The van der Waals surface area contributed by atoms with Gasteiger partial charge in [0.05, 0.1) is 29.0 Å². The topological polar surface area (TPSA) is 137 Å². The van der Waals surface area contributed by atoms with Crippen LogP contribution in [-0.4, -0.2) is 37.7 Å². The minimum atomic E-state index is -0.697. The Hall–Kier alpha value is -5.06. The molecule has 2 aromatic heterocycles. The van der Waals surface area contributed by atoms with Crippen LogP contribution in [0.15, 0.2) is 84.2 Å². The van der Waals surface area contributed by atoms with Crippen molar-refractivity contribution in [2.24, 2.45) is 0 Å². The quantitative estimate of drug-likeness (QED) is 0.308. The van der Waals surface area contributed by atoms with Gasteiger partial charge in [-0.2, -0.15) is 4.98 Å². The molecule has 3 heterocycles.